The first kappa shape index (κ1) is 13.1. The molecule has 0 aliphatic carbocycles. The predicted octanol–water partition coefficient (Wildman–Crippen LogP) is 3.65. The van der Waals surface area contributed by atoms with E-state index >= 15 is 0 Å². The molecule has 0 bridgehead atoms. The van der Waals surface area contributed by atoms with E-state index in [4.69, 9.17) is 22.1 Å². The van der Waals surface area contributed by atoms with Crippen molar-refractivity contribution in [3.8, 4) is 5.75 Å². The molecule has 4 nitrogen and oxygen atoms in total. The zero-order valence-corrected chi connectivity index (χ0v) is 11.7. The minimum Gasteiger partial charge on any atom is -0.486 e. The molecule has 0 saturated heterocycles. The van der Waals surface area contributed by atoms with Gasteiger partial charge in [0.15, 0.2) is 5.82 Å². The van der Waals surface area contributed by atoms with Crippen molar-refractivity contribution in [2.75, 3.05) is 5.73 Å². The summed E-state index contributed by atoms with van der Waals surface area (Å²) in [7, 11) is 0. The summed E-state index contributed by atoms with van der Waals surface area (Å²) in [6, 6.07) is 6.10. The molecule has 0 aliphatic heterocycles. The molecular formula is C13H9ClFN3OS. The van der Waals surface area contributed by atoms with Crippen molar-refractivity contribution in [3.05, 3.63) is 46.3 Å². The van der Waals surface area contributed by atoms with Gasteiger partial charge in [0.2, 0.25) is 0 Å². The Balaban J connectivity index is 1.80. The molecule has 0 fully saturated rings. The number of hydrogen-bond donors (Lipinski definition) is 1. The lowest BCUT2D eigenvalue weighted by molar-refractivity contribution is 0.295. The number of hydrogen-bond acceptors (Lipinski definition) is 5. The van der Waals surface area contributed by atoms with E-state index in [-0.39, 0.29) is 11.6 Å². The normalized spacial score (nSPS) is 10.9. The first-order valence-electron chi connectivity index (χ1n) is 5.71. The number of anilines is 1. The number of halogens is 2. The summed E-state index contributed by atoms with van der Waals surface area (Å²) in [6.45, 7) is 0.110. The average molecular weight is 310 g/mol. The molecule has 7 heteroatoms. The maximum atomic E-state index is 13.3. The second-order valence-electron chi connectivity index (χ2n) is 4.03. The van der Waals surface area contributed by atoms with Crippen LogP contribution in [0.5, 0.6) is 5.75 Å². The topological polar surface area (TPSA) is 61.0 Å². The molecule has 0 atom stereocenters. The van der Waals surface area contributed by atoms with Gasteiger partial charge < -0.3 is 10.5 Å². The van der Waals surface area contributed by atoms with E-state index in [2.05, 4.69) is 9.97 Å². The number of nitrogens with zero attached hydrogens (tertiary/aromatic N) is 2. The van der Waals surface area contributed by atoms with Gasteiger partial charge in [-0.05, 0) is 23.6 Å². The molecule has 0 spiro atoms. The first-order chi connectivity index (χ1) is 9.63. The largest absolute Gasteiger partial charge is 0.486 e. The quantitative estimate of drug-likeness (QED) is 0.802. The molecule has 0 aliphatic rings. The van der Waals surface area contributed by atoms with E-state index in [9.17, 15) is 4.39 Å². The number of rotatable bonds is 3. The van der Waals surface area contributed by atoms with Gasteiger partial charge in [-0.25, -0.2) is 14.4 Å². The van der Waals surface area contributed by atoms with E-state index < -0.39 is 5.82 Å². The molecule has 1 aromatic carbocycles. The molecule has 3 rings (SSSR count). The highest BCUT2D eigenvalue weighted by Crippen LogP contribution is 2.24. The highest BCUT2D eigenvalue weighted by Gasteiger charge is 2.08. The molecule has 2 aromatic heterocycles. The fourth-order valence-electron chi connectivity index (χ4n) is 1.70. The van der Waals surface area contributed by atoms with Crippen LogP contribution in [0.15, 0.2) is 29.6 Å². The maximum absolute atomic E-state index is 13.3. The Morgan fingerprint density at radius 2 is 2.15 bits per heavy atom. The Hall–Kier alpha value is -1.92. The molecule has 0 unspecified atom stereocenters. The van der Waals surface area contributed by atoms with E-state index in [1.165, 1.54) is 23.5 Å². The third kappa shape index (κ3) is 2.52. The Morgan fingerprint density at radius 3 is 2.95 bits per heavy atom. The van der Waals surface area contributed by atoms with Gasteiger partial charge in [-0.3, -0.25) is 0 Å². The summed E-state index contributed by atoms with van der Waals surface area (Å²) in [6.07, 6.45) is 0. The second-order valence-corrected chi connectivity index (χ2v) is 5.33. The van der Waals surface area contributed by atoms with Gasteiger partial charge in [-0.1, -0.05) is 11.6 Å². The highest BCUT2D eigenvalue weighted by atomic mass is 35.5. The lowest BCUT2D eigenvalue weighted by Crippen LogP contribution is -2.04. The number of benzene rings is 1. The van der Waals surface area contributed by atoms with Gasteiger partial charge in [0.05, 0.1) is 10.4 Å². The zero-order valence-electron chi connectivity index (χ0n) is 10.1. The van der Waals surface area contributed by atoms with Crippen molar-refractivity contribution in [1.82, 2.24) is 9.97 Å². The fraction of sp³-hybridized carbons (Fsp3) is 0.0769. The van der Waals surface area contributed by atoms with Crippen molar-refractivity contribution < 1.29 is 9.13 Å². The molecular weight excluding hydrogens is 301 g/mol. The summed E-state index contributed by atoms with van der Waals surface area (Å²) in [5.74, 6) is 0.698. The van der Waals surface area contributed by atoms with E-state index in [1.807, 2.05) is 11.4 Å². The SMILES string of the molecule is Nc1nc(COc2ccc(Cl)c(F)c2)nc2sccc12. The first-order valence-corrected chi connectivity index (χ1v) is 6.96. The van der Waals surface area contributed by atoms with Crippen molar-refractivity contribution in [2.45, 2.75) is 6.61 Å². The van der Waals surface area contributed by atoms with Crippen LogP contribution in [0.25, 0.3) is 10.2 Å². The lowest BCUT2D eigenvalue weighted by Gasteiger charge is -2.06. The summed E-state index contributed by atoms with van der Waals surface area (Å²) in [5.41, 5.74) is 5.84. The second kappa shape index (κ2) is 5.22. The van der Waals surface area contributed by atoms with Crippen LogP contribution in [0.4, 0.5) is 10.2 Å². The Labute approximate surface area is 123 Å². The average Bonchev–Trinajstić information content (AvgIpc) is 2.89. The Bertz CT molecular complexity index is 777. The van der Waals surface area contributed by atoms with Crippen LogP contribution in [-0.4, -0.2) is 9.97 Å². The number of nitrogen functional groups attached to an aromatic ring is 1. The van der Waals surface area contributed by atoms with Gasteiger partial charge in [0.1, 0.15) is 28.8 Å². The van der Waals surface area contributed by atoms with Gasteiger partial charge >= 0.3 is 0 Å². The van der Waals surface area contributed by atoms with Crippen LogP contribution in [0, 0.1) is 5.82 Å². The predicted molar refractivity (Wildman–Crippen MR) is 77.6 cm³/mol. The number of thiophene rings is 1. The van der Waals surface area contributed by atoms with Crippen LogP contribution in [-0.2, 0) is 6.61 Å². The fourth-order valence-corrected chi connectivity index (χ4v) is 2.61. The third-order valence-corrected chi connectivity index (χ3v) is 3.77. The monoisotopic (exact) mass is 309 g/mol. The minimum atomic E-state index is -0.529. The number of fused-ring (bicyclic) bond motifs is 1. The lowest BCUT2D eigenvalue weighted by atomic mass is 10.3. The third-order valence-electron chi connectivity index (χ3n) is 2.66. The molecule has 0 radical (unpaired) electrons. The van der Waals surface area contributed by atoms with Crippen LogP contribution in [0.3, 0.4) is 0 Å². The van der Waals surface area contributed by atoms with Crippen molar-refractivity contribution in [3.63, 3.8) is 0 Å². The number of aromatic nitrogens is 2. The Morgan fingerprint density at radius 1 is 1.30 bits per heavy atom. The van der Waals surface area contributed by atoms with E-state index in [0.29, 0.717) is 17.4 Å². The van der Waals surface area contributed by atoms with Crippen LogP contribution >= 0.6 is 22.9 Å². The molecule has 20 heavy (non-hydrogen) atoms. The van der Waals surface area contributed by atoms with Crippen LogP contribution in [0.1, 0.15) is 5.82 Å². The molecule has 3 aromatic rings. The summed E-state index contributed by atoms with van der Waals surface area (Å²) >= 11 is 7.08. The van der Waals surface area contributed by atoms with Crippen LogP contribution in [0.2, 0.25) is 5.02 Å². The molecule has 102 valence electrons. The molecule has 0 amide bonds. The van der Waals surface area contributed by atoms with Gasteiger partial charge in [-0.15, -0.1) is 11.3 Å². The number of nitrogens with two attached hydrogens (primary N) is 1. The summed E-state index contributed by atoms with van der Waals surface area (Å²) < 4.78 is 18.7. The smallest absolute Gasteiger partial charge is 0.169 e. The molecule has 2 N–H and O–H groups in total. The van der Waals surface area contributed by atoms with E-state index in [1.54, 1.807) is 6.07 Å². The zero-order chi connectivity index (χ0) is 14.1. The van der Waals surface area contributed by atoms with Crippen molar-refractivity contribution in [2.24, 2.45) is 0 Å². The van der Waals surface area contributed by atoms with Crippen molar-refractivity contribution in [1.29, 1.82) is 0 Å². The van der Waals surface area contributed by atoms with Gasteiger partial charge in [0.25, 0.3) is 0 Å². The summed E-state index contributed by atoms with van der Waals surface area (Å²) in [4.78, 5) is 9.29. The highest BCUT2D eigenvalue weighted by molar-refractivity contribution is 7.16. The summed E-state index contributed by atoms with van der Waals surface area (Å²) in [5, 5.41) is 2.78. The van der Waals surface area contributed by atoms with Gasteiger partial charge in [0, 0.05) is 6.07 Å². The maximum Gasteiger partial charge on any atom is 0.169 e. The minimum absolute atomic E-state index is 0.0536. The van der Waals surface area contributed by atoms with E-state index in [0.717, 1.165) is 10.2 Å². The van der Waals surface area contributed by atoms with Crippen LogP contribution < -0.4 is 10.5 Å². The molecule has 0 saturated carbocycles. The Kier molecular flexibility index (Phi) is 3.42. The number of ether oxygens (including phenoxy) is 1. The molecule has 2 heterocycles. The standard InChI is InChI=1S/C13H9ClFN3OS/c14-9-2-1-7(5-10(9)15)19-6-11-17-12(16)8-3-4-20-13(8)18-11/h1-5H,6H2,(H2,16,17,18). The van der Waals surface area contributed by atoms with Gasteiger partial charge in [-0.2, -0.15) is 0 Å². The van der Waals surface area contributed by atoms with Crippen molar-refractivity contribution >= 4 is 39.0 Å².